The van der Waals surface area contributed by atoms with E-state index in [1.165, 1.54) is 0 Å². The van der Waals surface area contributed by atoms with Crippen LogP contribution in [-0.2, 0) is 11.2 Å². The molecule has 3 heteroatoms. The van der Waals surface area contributed by atoms with Crippen LogP contribution in [0.4, 0.5) is 0 Å². The number of hydrogen-bond donors (Lipinski definition) is 1. The lowest BCUT2D eigenvalue weighted by molar-refractivity contribution is -0.123. The number of ketones is 1. The van der Waals surface area contributed by atoms with Crippen molar-refractivity contribution < 1.29 is 4.79 Å². The molecule has 2 nitrogen and oxygen atoms in total. The molecule has 0 saturated heterocycles. The van der Waals surface area contributed by atoms with Gasteiger partial charge in [-0.3, -0.25) is 4.79 Å². The van der Waals surface area contributed by atoms with Crippen molar-refractivity contribution in [2.75, 3.05) is 0 Å². The molecule has 0 heterocycles. The van der Waals surface area contributed by atoms with E-state index in [2.05, 4.69) is 15.9 Å². The summed E-state index contributed by atoms with van der Waals surface area (Å²) in [7, 11) is 0. The van der Waals surface area contributed by atoms with Crippen molar-refractivity contribution in [3.8, 4) is 0 Å². The van der Waals surface area contributed by atoms with Gasteiger partial charge in [-0.1, -0.05) is 41.4 Å². The molecule has 16 heavy (non-hydrogen) atoms. The van der Waals surface area contributed by atoms with Gasteiger partial charge in [0, 0.05) is 10.9 Å². The smallest absolute Gasteiger partial charge is 0.156 e. The fraction of sp³-hybridized carbons (Fsp3) is 0.462. The standard InChI is InChI=1S/C13H18BrNO/c1-3-7-13(2,15)12(16)9-10-5-4-6-11(14)8-10/h4-6,8H,3,7,9,15H2,1-2H3. The van der Waals surface area contributed by atoms with Crippen molar-refractivity contribution in [1.29, 1.82) is 0 Å². The zero-order chi connectivity index (χ0) is 12.2. The van der Waals surface area contributed by atoms with E-state index in [0.717, 1.165) is 22.9 Å². The summed E-state index contributed by atoms with van der Waals surface area (Å²) in [5.74, 6) is 0.104. The Bertz CT molecular complexity index is 374. The van der Waals surface area contributed by atoms with Crippen LogP contribution in [0.2, 0.25) is 0 Å². The Morgan fingerprint density at radius 2 is 2.19 bits per heavy atom. The predicted octanol–water partition coefficient (Wildman–Crippen LogP) is 3.08. The highest BCUT2D eigenvalue weighted by atomic mass is 79.9. The molecule has 88 valence electrons. The van der Waals surface area contributed by atoms with Crippen LogP contribution in [0.1, 0.15) is 32.3 Å². The zero-order valence-electron chi connectivity index (χ0n) is 9.79. The molecule has 0 aliphatic carbocycles. The lowest BCUT2D eigenvalue weighted by Gasteiger charge is -2.22. The van der Waals surface area contributed by atoms with Crippen LogP contribution in [0.25, 0.3) is 0 Å². The Morgan fingerprint density at radius 3 is 2.75 bits per heavy atom. The van der Waals surface area contributed by atoms with Crippen molar-refractivity contribution in [3.63, 3.8) is 0 Å². The maximum Gasteiger partial charge on any atom is 0.156 e. The maximum absolute atomic E-state index is 12.0. The van der Waals surface area contributed by atoms with E-state index in [1.54, 1.807) is 0 Å². The number of halogens is 1. The topological polar surface area (TPSA) is 43.1 Å². The van der Waals surface area contributed by atoms with E-state index in [4.69, 9.17) is 5.73 Å². The first-order chi connectivity index (χ1) is 7.45. The van der Waals surface area contributed by atoms with Gasteiger partial charge in [-0.05, 0) is 31.0 Å². The molecule has 0 aliphatic rings. The maximum atomic E-state index is 12.0. The number of carbonyl (C=O) groups excluding carboxylic acids is 1. The summed E-state index contributed by atoms with van der Waals surface area (Å²) in [6, 6.07) is 7.78. The number of nitrogens with two attached hydrogens (primary N) is 1. The van der Waals surface area contributed by atoms with Gasteiger partial charge in [0.1, 0.15) is 0 Å². The summed E-state index contributed by atoms with van der Waals surface area (Å²) < 4.78 is 0.993. The fourth-order valence-corrected chi connectivity index (χ4v) is 2.14. The number of Topliss-reactive ketones (excluding diaryl/α,β-unsaturated/α-hetero) is 1. The van der Waals surface area contributed by atoms with Crippen LogP contribution in [0.3, 0.4) is 0 Å². The molecule has 1 aromatic carbocycles. The lowest BCUT2D eigenvalue weighted by atomic mass is 9.89. The summed E-state index contributed by atoms with van der Waals surface area (Å²) in [5, 5.41) is 0. The van der Waals surface area contributed by atoms with Gasteiger partial charge in [0.2, 0.25) is 0 Å². The molecule has 2 N–H and O–H groups in total. The monoisotopic (exact) mass is 283 g/mol. The molecule has 0 fully saturated rings. The third kappa shape index (κ3) is 3.72. The summed E-state index contributed by atoms with van der Waals surface area (Å²) in [6.07, 6.45) is 2.07. The Kier molecular flexibility index (Phi) is 4.69. The average molecular weight is 284 g/mol. The quantitative estimate of drug-likeness (QED) is 0.903. The minimum absolute atomic E-state index is 0.104. The second-order valence-corrected chi connectivity index (χ2v) is 5.31. The Balaban J connectivity index is 2.71. The van der Waals surface area contributed by atoms with Crippen molar-refractivity contribution in [1.82, 2.24) is 0 Å². The molecule has 0 amide bonds. The van der Waals surface area contributed by atoms with Gasteiger partial charge in [0.25, 0.3) is 0 Å². The van der Waals surface area contributed by atoms with Gasteiger partial charge < -0.3 is 5.73 Å². The minimum atomic E-state index is -0.697. The number of benzene rings is 1. The summed E-state index contributed by atoms with van der Waals surface area (Å²) in [4.78, 5) is 12.0. The normalized spacial score (nSPS) is 14.5. The summed E-state index contributed by atoms with van der Waals surface area (Å²) in [6.45, 7) is 3.86. The number of hydrogen-bond acceptors (Lipinski definition) is 2. The van der Waals surface area contributed by atoms with Gasteiger partial charge in [-0.25, -0.2) is 0 Å². The first-order valence-corrected chi connectivity index (χ1v) is 6.31. The molecule has 0 radical (unpaired) electrons. The van der Waals surface area contributed by atoms with Crippen LogP contribution in [0.15, 0.2) is 28.7 Å². The third-order valence-electron chi connectivity index (χ3n) is 2.66. The number of rotatable bonds is 5. The first kappa shape index (κ1) is 13.4. The summed E-state index contributed by atoms with van der Waals surface area (Å²) >= 11 is 3.39. The predicted molar refractivity (Wildman–Crippen MR) is 70.4 cm³/mol. The van der Waals surface area contributed by atoms with E-state index >= 15 is 0 Å². The number of carbonyl (C=O) groups is 1. The van der Waals surface area contributed by atoms with Crippen LogP contribution in [-0.4, -0.2) is 11.3 Å². The van der Waals surface area contributed by atoms with Gasteiger partial charge >= 0.3 is 0 Å². The molecule has 0 aromatic heterocycles. The summed E-state index contributed by atoms with van der Waals surface area (Å²) in [5.41, 5.74) is 6.30. The van der Waals surface area contributed by atoms with Gasteiger partial charge in [-0.15, -0.1) is 0 Å². The highest BCUT2D eigenvalue weighted by molar-refractivity contribution is 9.10. The second kappa shape index (κ2) is 5.60. The molecule has 1 aromatic rings. The molecular formula is C13H18BrNO. The largest absolute Gasteiger partial charge is 0.319 e. The van der Waals surface area contributed by atoms with E-state index in [9.17, 15) is 4.79 Å². The van der Waals surface area contributed by atoms with Crippen molar-refractivity contribution in [2.24, 2.45) is 5.73 Å². The second-order valence-electron chi connectivity index (χ2n) is 4.40. The highest BCUT2D eigenvalue weighted by Gasteiger charge is 2.26. The van der Waals surface area contributed by atoms with Crippen LogP contribution in [0, 0.1) is 0 Å². The van der Waals surface area contributed by atoms with E-state index in [0.29, 0.717) is 6.42 Å². The molecule has 0 aliphatic heterocycles. The zero-order valence-corrected chi connectivity index (χ0v) is 11.4. The van der Waals surface area contributed by atoms with Crippen LogP contribution >= 0.6 is 15.9 Å². The molecule has 0 bridgehead atoms. The first-order valence-electron chi connectivity index (χ1n) is 5.52. The highest BCUT2D eigenvalue weighted by Crippen LogP contribution is 2.16. The SMILES string of the molecule is CCCC(C)(N)C(=O)Cc1cccc(Br)c1. The fourth-order valence-electron chi connectivity index (χ4n) is 1.69. The minimum Gasteiger partial charge on any atom is -0.319 e. The van der Waals surface area contributed by atoms with Crippen molar-refractivity contribution >= 4 is 21.7 Å². The molecule has 0 saturated carbocycles. The van der Waals surface area contributed by atoms with Gasteiger partial charge in [0.05, 0.1) is 5.54 Å². The van der Waals surface area contributed by atoms with Crippen molar-refractivity contribution in [3.05, 3.63) is 34.3 Å². The van der Waals surface area contributed by atoms with E-state index in [1.807, 2.05) is 38.1 Å². The van der Waals surface area contributed by atoms with Gasteiger partial charge in [-0.2, -0.15) is 0 Å². The molecular weight excluding hydrogens is 266 g/mol. The average Bonchev–Trinajstić information content (AvgIpc) is 2.17. The lowest BCUT2D eigenvalue weighted by Crippen LogP contribution is -2.45. The van der Waals surface area contributed by atoms with Crippen LogP contribution in [0.5, 0.6) is 0 Å². The molecule has 0 spiro atoms. The van der Waals surface area contributed by atoms with Gasteiger partial charge in [0.15, 0.2) is 5.78 Å². The van der Waals surface area contributed by atoms with Crippen LogP contribution < -0.4 is 5.73 Å². The molecule has 1 atom stereocenters. The van der Waals surface area contributed by atoms with Crippen molar-refractivity contribution in [2.45, 2.75) is 38.6 Å². The van der Waals surface area contributed by atoms with E-state index in [-0.39, 0.29) is 5.78 Å². The molecule has 1 rings (SSSR count). The van der Waals surface area contributed by atoms with E-state index < -0.39 is 5.54 Å². The Labute approximate surface area is 105 Å². The third-order valence-corrected chi connectivity index (χ3v) is 3.15. The Hall–Kier alpha value is -0.670. The molecule has 1 unspecified atom stereocenters. The Morgan fingerprint density at radius 1 is 1.50 bits per heavy atom.